The number of alkyl halides is 2. The Balaban J connectivity index is 2.20. The average Bonchev–Trinajstić information content (AvgIpc) is 3.02. The van der Waals surface area contributed by atoms with Crippen LogP contribution >= 0.6 is 23.2 Å². The van der Waals surface area contributed by atoms with Crippen molar-refractivity contribution in [1.29, 1.82) is 0 Å². The van der Waals surface area contributed by atoms with E-state index in [0.717, 1.165) is 8.45 Å². The van der Waals surface area contributed by atoms with Crippen LogP contribution < -0.4 is 0 Å². The predicted molar refractivity (Wildman–Crippen MR) is 47.2 cm³/mol. The van der Waals surface area contributed by atoms with E-state index in [0.29, 0.717) is 6.36 Å². The quantitative estimate of drug-likeness (QED) is 0.452. The SMILES string of the molecule is Cl[C]12[CH]3[CH]4[CH]5[C]1(Cl)[Ti]43521678[CH]2[CH]1[CH]6[CH]7[CH]28. The van der Waals surface area contributed by atoms with Crippen LogP contribution in [0, 0.1) is 0 Å². The topological polar surface area (TPSA) is 0 Å². The van der Waals surface area contributed by atoms with Crippen LogP contribution in [0.5, 0.6) is 0 Å². The van der Waals surface area contributed by atoms with Gasteiger partial charge in [0.15, 0.2) is 0 Å². The van der Waals surface area contributed by atoms with Gasteiger partial charge in [-0.2, -0.15) is 0 Å². The van der Waals surface area contributed by atoms with Crippen LogP contribution in [-0.2, 0) is 8.89 Å². The Morgan fingerprint density at radius 2 is 1.08 bits per heavy atom. The van der Waals surface area contributed by atoms with E-state index in [4.69, 9.17) is 23.2 Å². The first-order valence-electron chi connectivity index (χ1n) is 6.35. The molecule has 1 spiro atoms. The molecule has 0 aromatic rings. The third-order valence-electron chi connectivity index (χ3n) is 20.0. The van der Waals surface area contributed by atoms with Crippen LogP contribution in [0.15, 0.2) is 0 Å². The Kier molecular flexibility index (Phi) is 0.106. The van der Waals surface area contributed by atoms with Gasteiger partial charge >= 0.3 is 72.2 Å². The third-order valence-corrected chi connectivity index (χ3v) is 88.9. The summed E-state index contributed by atoms with van der Waals surface area (Å²) in [6, 6.07) is 0. The summed E-state index contributed by atoms with van der Waals surface area (Å²) in [6.07, 6.45) is 0. The summed E-state index contributed by atoms with van der Waals surface area (Å²) in [7, 11) is -3.46. The zero-order chi connectivity index (χ0) is 7.94. The summed E-state index contributed by atoms with van der Waals surface area (Å²) >= 11 is 14.2. The second kappa shape index (κ2) is 0.297. The third kappa shape index (κ3) is 0.0325. The molecule has 10 aliphatic heterocycles. The van der Waals surface area contributed by atoms with Gasteiger partial charge in [-0.3, -0.25) is 0 Å². The number of hydrogen-bond donors (Lipinski definition) is 0. The summed E-state index contributed by atoms with van der Waals surface area (Å²) in [5, 5.41) is 0. The molecule has 0 saturated carbocycles. The van der Waals surface area contributed by atoms with Crippen molar-refractivity contribution < 1.29 is 8.89 Å². The fourth-order valence-corrected chi connectivity index (χ4v) is 158. The molecule has 3 heteroatoms. The molecule has 0 amide bonds. The van der Waals surface area contributed by atoms with Gasteiger partial charge < -0.3 is 0 Å². The van der Waals surface area contributed by atoms with E-state index in [2.05, 4.69) is 0 Å². The molecule has 4 atom stereocenters. The Hall–Kier alpha value is 1.29. The predicted octanol–water partition coefficient (Wildman–Crippen LogP) is 3.67. The summed E-state index contributed by atoms with van der Waals surface area (Å²) in [5.74, 6) is 0. The number of hydrogen-bond acceptors (Lipinski definition) is 0. The van der Waals surface area contributed by atoms with E-state index < -0.39 is 8.89 Å². The number of rotatable bonds is 0. The number of halogens is 2. The molecule has 10 saturated heterocycles. The monoisotopic (exact) mass is 246 g/mol. The van der Waals surface area contributed by atoms with E-state index in [1.807, 2.05) is 0 Å². The van der Waals surface area contributed by atoms with Crippen LogP contribution in [0.2, 0.25) is 33.8 Å². The summed E-state index contributed by atoms with van der Waals surface area (Å²) in [5.41, 5.74) is 0. The van der Waals surface area contributed by atoms with Crippen molar-refractivity contribution in [2.75, 3.05) is 0 Å². The first kappa shape index (κ1) is 4.66. The molecule has 10 heterocycles. The van der Waals surface area contributed by atoms with Crippen molar-refractivity contribution in [3.8, 4) is 0 Å². The molecular formula is C10H8Cl2Ti. The second-order valence-electron chi connectivity index (χ2n) is 12.6. The molecule has 0 N–H and O–H groups in total. The van der Waals surface area contributed by atoms with Gasteiger partial charge in [-0.25, -0.2) is 0 Å². The Morgan fingerprint density at radius 1 is 0.692 bits per heavy atom. The normalized spacial score (nSPS) is 158. The van der Waals surface area contributed by atoms with Crippen molar-refractivity contribution in [3.05, 3.63) is 0 Å². The van der Waals surface area contributed by atoms with Gasteiger partial charge in [0.1, 0.15) is 0 Å². The van der Waals surface area contributed by atoms with Crippen LogP contribution in [-0.4, -0.2) is 6.36 Å². The van der Waals surface area contributed by atoms with Gasteiger partial charge in [0.05, 0.1) is 0 Å². The van der Waals surface area contributed by atoms with E-state index in [-0.39, 0.29) is 0 Å². The molecule has 0 nitrogen and oxygen atoms in total. The molecule has 0 bridgehead atoms. The van der Waals surface area contributed by atoms with E-state index >= 15 is 0 Å². The molecule has 0 aromatic carbocycles. The summed E-state index contributed by atoms with van der Waals surface area (Å²) in [6.45, 7) is 0. The molecule has 10 fully saturated rings. The molecule has 13 heavy (non-hydrogen) atoms. The van der Waals surface area contributed by atoms with E-state index in [1.54, 1.807) is 0 Å². The van der Waals surface area contributed by atoms with Crippen molar-refractivity contribution in [2.45, 2.75) is 40.1 Å². The molecule has 10 aliphatic rings. The van der Waals surface area contributed by atoms with Crippen molar-refractivity contribution in [3.63, 3.8) is 0 Å². The first-order chi connectivity index (χ1) is 5.94. The molecule has 66 valence electrons. The zero-order valence-electron chi connectivity index (χ0n) is 6.87. The molecule has 0 aliphatic carbocycles. The Morgan fingerprint density at radius 3 is 1.08 bits per heavy atom. The minimum atomic E-state index is -3.46. The Labute approximate surface area is 71.8 Å². The van der Waals surface area contributed by atoms with Gasteiger partial charge in [0, 0.05) is 0 Å². The van der Waals surface area contributed by atoms with E-state index in [9.17, 15) is 0 Å². The van der Waals surface area contributed by atoms with Gasteiger partial charge in [0.25, 0.3) is 0 Å². The van der Waals surface area contributed by atoms with Gasteiger partial charge in [0.2, 0.25) is 0 Å². The fourth-order valence-electron chi connectivity index (χ4n) is 23.2. The molecular weight excluding hydrogens is 239 g/mol. The van der Waals surface area contributed by atoms with Crippen LogP contribution in [0.3, 0.4) is 0 Å². The second-order valence-corrected chi connectivity index (χ2v) is 47.6. The molecule has 10 rings (SSSR count). The number of fused-ring (bicyclic) bond motifs is 10. The van der Waals surface area contributed by atoms with Crippen LogP contribution in [0.1, 0.15) is 0 Å². The first-order valence-corrected chi connectivity index (χ1v) is 15.9. The van der Waals surface area contributed by atoms with Crippen LogP contribution in [0.25, 0.3) is 0 Å². The van der Waals surface area contributed by atoms with Gasteiger partial charge in [-0.1, -0.05) is 0 Å². The van der Waals surface area contributed by atoms with Crippen molar-refractivity contribution in [1.82, 2.24) is 0 Å². The van der Waals surface area contributed by atoms with Crippen molar-refractivity contribution in [2.24, 2.45) is 0 Å². The summed E-state index contributed by atoms with van der Waals surface area (Å²) < 4.78 is 10.8. The van der Waals surface area contributed by atoms with Gasteiger partial charge in [-0.05, 0) is 0 Å². The zero-order valence-corrected chi connectivity index (χ0v) is 9.95. The maximum absolute atomic E-state index is 7.10. The molecule has 4 unspecified atom stereocenters. The van der Waals surface area contributed by atoms with Crippen molar-refractivity contribution >= 4 is 23.2 Å². The fraction of sp³-hybridized carbons (Fsp3) is 1.00. The van der Waals surface area contributed by atoms with Crippen LogP contribution in [0.4, 0.5) is 0 Å². The van der Waals surface area contributed by atoms with E-state index in [1.165, 1.54) is 25.3 Å². The Bertz CT molecular complexity index is 822. The summed E-state index contributed by atoms with van der Waals surface area (Å²) in [4.78, 5) is 0. The maximum atomic E-state index is 7.10. The van der Waals surface area contributed by atoms with Gasteiger partial charge in [-0.15, -0.1) is 0 Å². The molecule has 0 aromatic heterocycles. The standard InChI is InChI=1S/C5H3Cl2.C5H5.Ti/c6-4-2-1-3-5(4)7;1-2-4-5-3-1;/h1-3H;1-5H;. The minimum absolute atomic E-state index is 0.394. The average molecular weight is 247 g/mol. The molecule has 0 radical (unpaired) electrons.